The molecule has 0 aromatic carbocycles. The third-order valence-electron chi connectivity index (χ3n) is 4.04. The highest BCUT2D eigenvalue weighted by molar-refractivity contribution is 5.99. The van der Waals surface area contributed by atoms with E-state index in [4.69, 9.17) is 10.5 Å². The number of halogens is 3. The summed E-state index contributed by atoms with van der Waals surface area (Å²) in [6, 6.07) is 1.78. The van der Waals surface area contributed by atoms with Gasteiger partial charge in [0.25, 0.3) is 0 Å². The van der Waals surface area contributed by atoms with E-state index < -0.39 is 17.8 Å². The van der Waals surface area contributed by atoms with Crippen LogP contribution in [0.4, 0.5) is 13.2 Å². The molecule has 0 amide bonds. The molecule has 0 saturated heterocycles. The number of alkyl halides is 3. The van der Waals surface area contributed by atoms with Crippen LogP contribution in [-0.4, -0.2) is 15.6 Å². The van der Waals surface area contributed by atoms with Crippen molar-refractivity contribution in [2.75, 3.05) is 0 Å². The number of nitrogens with two attached hydrogens (primary N) is 1. The van der Waals surface area contributed by atoms with Crippen molar-refractivity contribution < 1.29 is 22.7 Å². The van der Waals surface area contributed by atoms with Gasteiger partial charge in [-0.25, -0.2) is 0 Å². The highest BCUT2D eigenvalue weighted by atomic mass is 19.4. The van der Waals surface area contributed by atoms with Crippen LogP contribution in [0.3, 0.4) is 0 Å². The monoisotopic (exact) mass is 338 g/mol. The fourth-order valence-corrected chi connectivity index (χ4v) is 3.11. The van der Waals surface area contributed by atoms with Crippen LogP contribution in [0.1, 0.15) is 36.4 Å². The second-order valence-corrected chi connectivity index (χ2v) is 5.64. The van der Waals surface area contributed by atoms with Crippen LogP contribution in [0.2, 0.25) is 0 Å². The maximum absolute atomic E-state index is 13.3. The third-order valence-corrected chi connectivity index (χ3v) is 4.04. The largest absolute Gasteiger partial charge is 0.444 e. The standard InChI is InChI=1S/C15H13F3N4O2/c1-22-6-8(13(21-22)15(16,17)18)11-7(5-19)14(20)24-10-4-2-3-9(23)12(10)11/h6,11H,2-4,20H2,1H3/t11-/m1/s1. The van der Waals surface area contributed by atoms with E-state index in [-0.39, 0.29) is 40.6 Å². The number of ether oxygens (including phenoxy) is 1. The van der Waals surface area contributed by atoms with Crippen LogP contribution in [0, 0.1) is 11.3 Å². The molecule has 0 bridgehead atoms. The van der Waals surface area contributed by atoms with Crippen molar-refractivity contribution in [1.82, 2.24) is 9.78 Å². The molecule has 6 nitrogen and oxygen atoms in total. The number of Topliss-reactive ketones (excluding diaryl/α,β-unsaturated/α-hetero) is 1. The van der Waals surface area contributed by atoms with Crippen LogP contribution in [0.5, 0.6) is 0 Å². The van der Waals surface area contributed by atoms with Crippen LogP contribution >= 0.6 is 0 Å². The number of aromatic nitrogens is 2. The van der Waals surface area contributed by atoms with Crippen LogP contribution in [0.25, 0.3) is 0 Å². The lowest BCUT2D eigenvalue weighted by Crippen LogP contribution is -2.28. The first kappa shape index (κ1) is 16.1. The number of ketones is 1. The molecule has 1 atom stereocenters. The average Bonchev–Trinajstić information content (AvgIpc) is 2.88. The normalized spacial score (nSPS) is 21.5. The lowest BCUT2D eigenvalue weighted by molar-refractivity contribution is -0.142. The number of aryl methyl sites for hydroxylation is 1. The minimum atomic E-state index is -4.72. The maximum Gasteiger partial charge on any atom is 0.435 e. The number of nitriles is 1. The Labute approximate surface area is 135 Å². The van der Waals surface area contributed by atoms with Crippen molar-refractivity contribution in [3.63, 3.8) is 0 Å². The van der Waals surface area contributed by atoms with E-state index in [0.717, 1.165) is 10.9 Å². The number of rotatable bonds is 1. The predicted octanol–water partition coefficient (Wildman–Crippen LogP) is 2.25. The Balaban J connectivity index is 2.26. The van der Waals surface area contributed by atoms with E-state index in [1.807, 2.05) is 0 Å². The van der Waals surface area contributed by atoms with Gasteiger partial charge in [0.15, 0.2) is 11.5 Å². The number of carbonyl (C=O) groups is 1. The minimum absolute atomic E-state index is 0.0745. The van der Waals surface area contributed by atoms with E-state index >= 15 is 0 Å². The fraction of sp³-hybridized carbons (Fsp3) is 0.400. The Morgan fingerprint density at radius 3 is 2.79 bits per heavy atom. The van der Waals surface area contributed by atoms with Crippen molar-refractivity contribution in [1.29, 1.82) is 5.26 Å². The highest BCUT2D eigenvalue weighted by Gasteiger charge is 2.45. The lowest BCUT2D eigenvalue weighted by atomic mass is 9.77. The summed E-state index contributed by atoms with van der Waals surface area (Å²) in [6.45, 7) is 0. The van der Waals surface area contributed by atoms with Crippen molar-refractivity contribution in [3.05, 3.63) is 40.2 Å². The van der Waals surface area contributed by atoms with Gasteiger partial charge in [-0.1, -0.05) is 0 Å². The summed E-state index contributed by atoms with van der Waals surface area (Å²) in [4.78, 5) is 12.3. The summed E-state index contributed by atoms with van der Waals surface area (Å²) in [6.07, 6.45) is -2.45. The van der Waals surface area contributed by atoms with Gasteiger partial charge in [0.05, 0.1) is 5.92 Å². The molecule has 9 heteroatoms. The summed E-state index contributed by atoms with van der Waals surface area (Å²) in [7, 11) is 1.34. The van der Waals surface area contributed by atoms with E-state index in [0.29, 0.717) is 12.8 Å². The highest BCUT2D eigenvalue weighted by Crippen LogP contribution is 2.46. The molecule has 1 aromatic rings. The molecule has 1 aliphatic carbocycles. The fourth-order valence-electron chi connectivity index (χ4n) is 3.11. The van der Waals surface area contributed by atoms with Crippen LogP contribution in [-0.2, 0) is 22.8 Å². The molecule has 2 aliphatic rings. The Bertz CT molecular complexity index is 827. The topological polar surface area (TPSA) is 93.9 Å². The first-order valence-corrected chi connectivity index (χ1v) is 7.18. The molecule has 0 fully saturated rings. The van der Waals surface area contributed by atoms with Crippen molar-refractivity contribution in [2.45, 2.75) is 31.4 Å². The number of nitrogens with zero attached hydrogens (tertiary/aromatic N) is 3. The molecule has 24 heavy (non-hydrogen) atoms. The van der Waals surface area contributed by atoms with Crippen molar-refractivity contribution in [3.8, 4) is 6.07 Å². The number of hydrogen-bond acceptors (Lipinski definition) is 5. The average molecular weight is 338 g/mol. The Kier molecular flexibility index (Phi) is 3.63. The second-order valence-electron chi connectivity index (χ2n) is 5.64. The van der Waals surface area contributed by atoms with Gasteiger partial charge < -0.3 is 10.5 Å². The lowest BCUT2D eigenvalue weighted by Gasteiger charge is -2.30. The number of allylic oxidation sites excluding steroid dienone is 3. The molecule has 0 spiro atoms. The summed E-state index contributed by atoms with van der Waals surface area (Å²) in [5.74, 6) is -1.58. The summed E-state index contributed by atoms with van der Waals surface area (Å²) in [5.41, 5.74) is 4.18. The maximum atomic E-state index is 13.3. The second kappa shape index (κ2) is 5.40. The summed E-state index contributed by atoms with van der Waals surface area (Å²) >= 11 is 0. The number of carbonyl (C=O) groups excluding carboxylic acids is 1. The minimum Gasteiger partial charge on any atom is -0.444 e. The van der Waals surface area contributed by atoms with Gasteiger partial charge in [0, 0.05) is 37.2 Å². The first-order chi connectivity index (χ1) is 11.2. The molecule has 2 N–H and O–H groups in total. The Morgan fingerprint density at radius 2 is 2.17 bits per heavy atom. The first-order valence-electron chi connectivity index (χ1n) is 7.18. The molecule has 0 saturated carbocycles. The van der Waals surface area contributed by atoms with Crippen molar-refractivity contribution >= 4 is 5.78 Å². The number of hydrogen-bond donors (Lipinski definition) is 1. The molecular weight excluding hydrogens is 325 g/mol. The smallest absolute Gasteiger partial charge is 0.435 e. The molecule has 2 heterocycles. The van der Waals surface area contributed by atoms with Crippen LogP contribution in [0.15, 0.2) is 29.0 Å². The molecule has 1 aliphatic heterocycles. The van der Waals surface area contributed by atoms with Gasteiger partial charge >= 0.3 is 6.18 Å². The van der Waals surface area contributed by atoms with Gasteiger partial charge in [0.2, 0.25) is 5.88 Å². The zero-order valence-corrected chi connectivity index (χ0v) is 12.6. The van der Waals surface area contributed by atoms with Gasteiger partial charge in [0.1, 0.15) is 17.4 Å². The van der Waals surface area contributed by atoms with Gasteiger partial charge in [-0.3, -0.25) is 9.48 Å². The molecule has 0 unspecified atom stereocenters. The predicted molar refractivity (Wildman–Crippen MR) is 74.7 cm³/mol. The Morgan fingerprint density at radius 1 is 1.46 bits per heavy atom. The van der Waals surface area contributed by atoms with E-state index in [1.165, 1.54) is 7.05 Å². The quantitative estimate of drug-likeness (QED) is 0.847. The SMILES string of the molecule is Cn1cc([C@H]2C(C#N)=C(N)OC3=C2C(=O)CCC3)c(C(F)(F)F)n1. The van der Waals surface area contributed by atoms with E-state index in [1.54, 1.807) is 6.07 Å². The van der Waals surface area contributed by atoms with E-state index in [2.05, 4.69) is 5.10 Å². The zero-order valence-electron chi connectivity index (χ0n) is 12.6. The molecular formula is C15H13F3N4O2. The van der Waals surface area contributed by atoms with Crippen LogP contribution < -0.4 is 5.73 Å². The molecule has 1 aromatic heterocycles. The molecule has 126 valence electrons. The molecule has 0 radical (unpaired) electrons. The van der Waals surface area contributed by atoms with Crippen molar-refractivity contribution in [2.24, 2.45) is 12.8 Å². The zero-order chi connectivity index (χ0) is 17.6. The third kappa shape index (κ3) is 2.44. The van der Waals surface area contributed by atoms with Gasteiger partial charge in [-0.05, 0) is 6.42 Å². The summed E-state index contributed by atoms with van der Waals surface area (Å²) < 4.78 is 46.3. The summed E-state index contributed by atoms with van der Waals surface area (Å²) in [5, 5.41) is 12.8. The van der Waals surface area contributed by atoms with E-state index in [9.17, 15) is 23.2 Å². The molecule has 3 rings (SSSR count). The Hall–Kier alpha value is -2.76. The van der Waals surface area contributed by atoms with Gasteiger partial charge in [-0.15, -0.1) is 0 Å². The van der Waals surface area contributed by atoms with Gasteiger partial charge in [-0.2, -0.15) is 23.5 Å².